The van der Waals surface area contributed by atoms with Crippen LogP contribution in [0.1, 0.15) is 35.8 Å². The average Bonchev–Trinajstić information content (AvgIpc) is 2.79. The molecule has 19 heavy (non-hydrogen) atoms. The van der Waals surface area contributed by atoms with Crippen molar-refractivity contribution in [2.75, 3.05) is 5.73 Å². The molecule has 0 atom stereocenters. The van der Waals surface area contributed by atoms with Crippen molar-refractivity contribution < 1.29 is 9.90 Å². The first kappa shape index (κ1) is 13.1. The van der Waals surface area contributed by atoms with E-state index in [1.807, 2.05) is 24.3 Å². The van der Waals surface area contributed by atoms with Crippen LogP contribution < -0.4 is 5.73 Å². The zero-order chi connectivity index (χ0) is 13.8. The van der Waals surface area contributed by atoms with E-state index in [1.165, 1.54) is 5.56 Å². The summed E-state index contributed by atoms with van der Waals surface area (Å²) in [5.41, 5.74) is 8.21. The van der Waals surface area contributed by atoms with E-state index in [0.717, 1.165) is 24.8 Å². The summed E-state index contributed by atoms with van der Waals surface area (Å²) in [5.74, 6) is -0.854. The van der Waals surface area contributed by atoms with Gasteiger partial charge in [0.05, 0.1) is 5.56 Å². The Morgan fingerprint density at radius 2 is 2.05 bits per heavy atom. The summed E-state index contributed by atoms with van der Waals surface area (Å²) in [6.45, 7) is 2.15. The highest BCUT2D eigenvalue weighted by Gasteiger charge is 2.18. The van der Waals surface area contributed by atoms with Crippen molar-refractivity contribution in [2.24, 2.45) is 0 Å². The Labute approximate surface area is 111 Å². The molecule has 0 aliphatic heterocycles. The Morgan fingerprint density at radius 1 is 1.37 bits per heavy atom. The number of aromatic nitrogens is 2. The summed E-state index contributed by atoms with van der Waals surface area (Å²) in [5, 5.41) is 15.3. The molecule has 5 heteroatoms. The van der Waals surface area contributed by atoms with Crippen LogP contribution in [0.4, 0.5) is 5.82 Å². The van der Waals surface area contributed by atoms with Crippen LogP contribution in [0.3, 0.4) is 0 Å². The van der Waals surface area contributed by atoms with E-state index in [0.29, 0.717) is 5.56 Å². The third-order valence-electron chi connectivity index (χ3n) is 3.07. The molecule has 0 aliphatic rings. The van der Waals surface area contributed by atoms with Crippen molar-refractivity contribution in [1.82, 2.24) is 10.2 Å². The molecule has 0 aliphatic carbocycles. The van der Waals surface area contributed by atoms with Gasteiger partial charge in [-0.3, -0.25) is 5.10 Å². The fraction of sp³-hybridized carbons (Fsp3) is 0.286. The minimum atomic E-state index is -1.06. The molecule has 0 fully saturated rings. The summed E-state index contributed by atoms with van der Waals surface area (Å²) < 4.78 is 0. The van der Waals surface area contributed by atoms with E-state index in [2.05, 4.69) is 17.1 Å². The van der Waals surface area contributed by atoms with E-state index in [9.17, 15) is 4.79 Å². The first-order valence-corrected chi connectivity index (χ1v) is 6.30. The van der Waals surface area contributed by atoms with Gasteiger partial charge in [0.2, 0.25) is 0 Å². The Bertz CT molecular complexity index is 573. The van der Waals surface area contributed by atoms with Crippen molar-refractivity contribution >= 4 is 11.8 Å². The number of benzene rings is 1. The number of aromatic amines is 1. The Balaban J connectivity index is 2.32. The lowest BCUT2D eigenvalue weighted by atomic mass is 10.0. The van der Waals surface area contributed by atoms with E-state index < -0.39 is 5.97 Å². The third-order valence-corrected chi connectivity index (χ3v) is 3.07. The molecule has 0 spiro atoms. The Hall–Kier alpha value is -2.30. The van der Waals surface area contributed by atoms with Gasteiger partial charge in [-0.1, -0.05) is 37.6 Å². The third kappa shape index (κ3) is 2.76. The molecule has 5 nitrogen and oxygen atoms in total. The van der Waals surface area contributed by atoms with Gasteiger partial charge in [0, 0.05) is 0 Å². The number of carboxylic acids is 1. The van der Waals surface area contributed by atoms with Crippen LogP contribution >= 0.6 is 0 Å². The highest BCUT2D eigenvalue weighted by molar-refractivity contribution is 5.97. The minimum Gasteiger partial charge on any atom is -0.477 e. The Kier molecular flexibility index (Phi) is 3.85. The number of anilines is 1. The van der Waals surface area contributed by atoms with Crippen molar-refractivity contribution in [3.63, 3.8) is 0 Å². The molecule has 0 radical (unpaired) electrons. The molecule has 100 valence electrons. The van der Waals surface area contributed by atoms with Crippen LogP contribution in [0.2, 0.25) is 0 Å². The summed E-state index contributed by atoms with van der Waals surface area (Å²) in [4.78, 5) is 11.1. The fourth-order valence-corrected chi connectivity index (χ4v) is 2.02. The van der Waals surface area contributed by atoms with Crippen molar-refractivity contribution in [3.05, 3.63) is 35.5 Å². The second-order valence-corrected chi connectivity index (χ2v) is 4.46. The van der Waals surface area contributed by atoms with Gasteiger partial charge in [-0.2, -0.15) is 5.10 Å². The van der Waals surface area contributed by atoms with E-state index in [-0.39, 0.29) is 11.5 Å². The summed E-state index contributed by atoms with van der Waals surface area (Å²) >= 11 is 0. The van der Waals surface area contributed by atoms with Crippen LogP contribution in [0.25, 0.3) is 11.1 Å². The van der Waals surface area contributed by atoms with Crippen molar-refractivity contribution in [2.45, 2.75) is 26.2 Å². The molecule has 0 saturated carbocycles. The predicted octanol–water partition coefficient (Wildman–Crippen LogP) is 2.70. The molecule has 0 amide bonds. The van der Waals surface area contributed by atoms with Crippen molar-refractivity contribution in [3.8, 4) is 11.1 Å². The number of nitrogens with one attached hydrogen (secondary N) is 1. The molecule has 1 aromatic carbocycles. The minimum absolute atomic E-state index is 0.0267. The zero-order valence-corrected chi connectivity index (χ0v) is 10.8. The largest absolute Gasteiger partial charge is 0.477 e. The molecule has 2 rings (SSSR count). The van der Waals surface area contributed by atoms with Crippen molar-refractivity contribution in [1.29, 1.82) is 0 Å². The Morgan fingerprint density at radius 3 is 2.63 bits per heavy atom. The first-order valence-electron chi connectivity index (χ1n) is 6.30. The molecule has 0 bridgehead atoms. The molecule has 1 aromatic heterocycles. The molecular formula is C14H17N3O2. The highest BCUT2D eigenvalue weighted by Crippen LogP contribution is 2.28. The molecule has 1 heterocycles. The number of carboxylic acid groups (broad SMARTS) is 1. The lowest BCUT2D eigenvalue weighted by Gasteiger charge is -2.04. The monoisotopic (exact) mass is 259 g/mol. The second-order valence-electron chi connectivity index (χ2n) is 4.46. The number of unbranched alkanes of at least 4 members (excludes halogenated alkanes) is 1. The lowest BCUT2D eigenvalue weighted by Crippen LogP contribution is -1.99. The van der Waals surface area contributed by atoms with Gasteiger partial charge in [0.1, 0.15) is 0 Å². The number of rotatable bonds is 5. The molecule has 2 aromatic rings. The van der Waals surface area contributed by atoms with E-state index >= 15 is 0 Å². The number of nitrogen functional groups attached to an aromatic ring is 1. The van der Waals surface area contributed by atoms with Gasteiger partial charge in [-0.05, 0) is 24.0 Å². The predicted molar refractivity (Wildman–Crippen MR) is 74.0 cm³/mol. The number of aromatic carboxylic acids is 1. The number of H-pyrrole nitrogens is 1. The maximum absolute atomic E-state index is 11.1. The van der Waals surface area contributed by atoms with Gasteiger partial charge < -0.3 is 10.8 Å². The first-order chi connectivity index (χ1) is 9.13. The summed E-state index contributed by atoms with van der Waals surface area (Å²) in [6.07, 6.45) is 3.33. The SMILES string of the molecule is CCCCc1ccc(-c2c(N)n[nH]c2C(=O)O)cc1. The summed E-state index contributed by atoms with van der Waals surface area (Å²) in [7, 11) is 0. The van der Waals surface area contributed by atoms with Gasteiger partial charge in [-0.15, -0.1) is 0 Å². The van der Waals surface area contributed by atoms with Crippen LogP contribution in [0.15, 0.2) is 24.3 Å². The summed E-state index contributed by atoms with van der Waals surface area (Å²) in [6, 6.07) is 7.78. The van der Waals surface area contributed by atoms with Crippen LogP contribution in [-0.4, -0.2) is 21.3 Å². The number of hydrogen-bond donors (Lipinski definition) is 3. The lowest BCUT2D eigenvalue weighted by molar-refractivity contribution is 0.0691. The normalized spacial score (nSPS) is 10.6. The van der Waals surface area contributed by atoms with Crippen LogP contribution in [-0.2, 0) is 6.42 Å². The number of nitrogens with zero attached hydrogens (tertiary/aromatic N) is 1. The zero-order valence-electron chi connectivity index (χ0n) is 10.8. The fourth-order valence-electron chi connectivity index (χ4n) is 2.02. The number of nitrogens with two attached hydrogens (primary N) is 1. The second kappa shape index (κ2) is 5.56. The van der Waals surface area contributed by atoms with E-state index in [4.69, 9.17) is 10.8 Å². The van der Waals surface area contributed by atoms with E-state index in [1.54, 1.807) is 0 Å². The standard InChI is InChI=1S/C14H17N3O2/c1-2-3-4-9-5-7-10(8-6-9)11-12(14(18)19)16-17-13(11)15/h5-8H,2-4H2,1H3,(H,18,19)(H3,15,16,17). The molecule has 0 saturated heterocycles. The van der Waals surface area contributed by atoms with Gasteiger partial charge in [0.25, 0.3) is 0 Å². The highest BCUT2D eigenvalue weighted by atomic mass is 16.4. The van der Waals surface area contributed by atoms with Gasteiger partial charge in [0.15, 0.2) is 11.5 Å². The maximum Gasteiger partial charge on any atom is 0.354 e. The molecule has 0 unspecified atom stereocenters. The van der Waals surface area contributed by atoms with Crippen LogP contribution in [0.5, 0.6) is 0 Å². The van der Waals surface area contributed by atoms with Crippen LogP contribution in [0, 0.1) is 0 Å². The maximum atomic E-state index is 11.1. The topological polar surface area (TPSA) is 92.0 Å². The molecular weight excluding hydrogens is 242 g/mol. The number of carbonyl (C=O) groups is 1. The smallest absolute Gasteiger partial charge is 0.354 e. The average molecular weight is 259 g/mol. The molecule has 4 N–H and O–H groups in total. The van der Waals surface area contributed by atoms with Gasteiger partial charge >= 0.3 is 5.97 Å². The number of hydrogen-bond acceptors (Lipinski definition) is 3. The number of aryl methyl sites for hydroxylation is 1. The quantitative estimate of drug-likeness (QED) is 0.769. The van der Waals surface area contributed by atoms with Gasteiger partial charge in [-0.25, -0.2) is 4.79 Å².